The smallest absolute Gasteiger partial charge is 0.224 e. The van der Waals surface area contributed by atoms with E-state index in [-0.39, 0.29) is 18.3 Å². The van der Waals surface area contributed by atoms with Gasteiger partial charge >= 0.3 is 0 Å². The number of hydrogen-bond donors (Lipinski definition) is 2. The lowest BCUT2D eigenvalue weighted by molar-refractivity contribution is -0.117. The Morgan fingerprint density at radius 1 is 1.55 bits per heavy atom. The molecule has 1 aromatic carbocycles. The average Bonchev–Trinajstić information content (AvgIpc) is 2.39. The topological polar surface area (TPSA) is 41.1 Å². The van der Waals surface area contributed by atoms with Gasteiger partial charge in [-0.05, 0) is 56.0 Å². The molecular formula is C15H22BrClN2O. The number of rotatable bonds is 4. The summed E-state index contributed by atoms with van der Waals surface area (Å²) in [5.74, 6) is 1.16. The zero-order valence-corrected chi connectivity index (χ0v) is 14.1. The number of halogens is 2. The van der Waals surface area contributed by atoms with Gasteiger partial charge in [-0.1, -0.05) is 28.9 Å². The molecule has 1 aliphatic rings. The molecule has 1 aliphatic heterocycles. The molecule has 1 saturated heterocycles. The molecule has 3 nitrogen and oxygen atoms in total. The molecule has 0 saturated carbocycles. The number of nitrogens with one attached hydrogen (secondary N) is 2. The highest BCUT2D eigenvalue weighted by Gasteiger charge is 2.21. The second-order valence-electron chi connectivity index (χ2n) is 5.35. The maximum Gasteiger partial charge on any atom is 0.224 e. The highest BCUT2D eigenvalue weighted by Crippen LogP contribution is 2.23. The Morgan fingerprint density at radius 3 is 3.00 bits per heavy atom. The first kappa shape index (κ1) is 17.5. The van der Waals surface area contributed by atoms with Gasteiger partial charge < -0.3 is 10.6 Å². The fourth-order valence-electron chi connectivity index (χ4n) is 2.60. The molecule has 2 atom stereocenters. The van der Waals surface area contributed by atoms with Crippen molar-refractivity contribution in [1.29, 1.82) is 0 Å². The van der Waals surface area contributed by atoms with Gasteiger partial charge in [0.1, 0.15) is 0 Å². The summed E-state index contributed by atoms with van der Waals surface area (Å²) in [6.45, 7) is 4.34. The van der Waals surface area contributed by atoms with Gasteiger partial charge in [0, 0.05) is 16.6 Å². The quantitative estimate of drug-likeness (QED) is 0.855. The Bertz CT molecular complexity index is 436. The van der Waals surface area contributed by atoms with Crippen molar-refractivity contribution in [1.82, 2.24) is 5.32 Å². The van der Waals surface area contributed by atoms with Crippen LogP contribution in [-0.4, -0.2) is 19.0 Å². The summed E-state index contributed by atoms with van der Waals surface area (Å²) < 4.78 is 0.981. The van der Waals surface area contributed by atoms with Crippen molar-refractivity contribution in [3.63, 3.8) is 0 Å². The molecule has 0 radical (unpaired) electrons. The second-order valence-corrected chi connectivity index (χ2v) is 6.26. The fraction of sp³-hybridized carbons (Fsp3) is 0.533. The highest BCUT2D eigenvalue weighted by molar-refractivity contribution is 9.10. The van der Waals surface area contributed by atoms with Crippen molar-refractivity contribution in [2.45, 2.75) is 26.2 Å². The first-order valence-electron chi connectivity index (χ1n) is 6.91. The zero-order valence-electron chi connectivity index (χ0n) is 11.7. The number of piperidine rings is 1. The van der Waals surface area contributed by atoms with Crippen LogP contribution in [0.25, 0.3) is 0 Å². The average molecular weight is 362 g/mol. The first-order valence-corrected chi connectivity index (χ1v) is 7.70. The van der Waals surface area contributed by atoms with Gasteiger partial charge in [0.05, 0.1) is 0 Å². The first-order chi connectivity index (χ1) is 9.15. The van der Waals surface area contributed by atoms with Gasteiger partial charge in [-0.3, -0.25) is 4.79 Å². The minimum absolute atomic E-state index is 0. The lowest BCUT2D eigenvalue weighted by atomic mass is 9.85. The number of benzene rings is 1. The van der Waals surface area contributed by atoms with E-state index in [2.05, 4.69) is 33.5 Å². The third-order valence-electron chi connectivity index (χ3n) is 3.76. The summed E-state index contributed by atoms with van der Waals surface area (Å²) in [6, 6.07) is 7.71. The van der Waals surface area contributed by atoms with Crippen molar-refractivity contribution >= 4 is 39.9 Å². The highest BCUT2D eigenvalue weighted by atomic mass is 79.9. The van der Waals surface area contributed by atoms with E-state index in [1.54, 1.807) is 0 Å². The molecule has 1 aromatic rings. The van der Waals surface area contributed by atoms with Crippen molar-refractivity contribution in [3.05, 3.63) is 28.7 Å². The molecule has 20 heavy (non-hydrogen) atoms. The molecular weight excluding hydrogens is 340 g/mol. The molecule has 2 rings (SSSR count). The number of hydrogen-bond acceptors (Lipinski definition) is 2. The van der Waals surface area contributed by atoms with E-state index in [4.69, 9.17) is 0 Å². The molecule has 1 amide bonds. The predicted molar refractivity (Wildman–Crippen MR) is 89.4 cm³/mol. The van der Waals surface area contributed by atoms with Crippen LogP contribution < -0.4 is 10.6 Å². The molecule has 5 heteroatoms. The number of anilines is 1. The zero-order chi connectivity index (χ0) is 13.7. The Kier molecular flexibility index (Phi) is 7.56. The van der Waals surface area contributed by atoms with Crippen LogP contribution in [0.15, 0.2) is 28.7 Å². The minimum atomic E-state index is 0. The molecule has 0 aromatic heterocycles. The summed E-state index contributed by atoms with van der Waals surface area (Å²) in [4.78, 5) is 12.0. The minimum Gasteiger partial charge on any atom is -0.326 e. The van der Waals surface area contributed by atoms with E-state index < -0.39 is 0 Å². The summed E-state index contributed by atoms with van der Waals surface area (Å²) in [7, 11) is 0. The Morgan fingerprint density at radius 2 is 2.35 bits per heavy atom. The van der Waals surface area contributed by atoms with Crippen LogP contribution in [0.1, 0.15) is 26.2 Å². The van der Waals surface area contributed by atoms with E-state index in [0.717, 1.165) is 23.2 Å². The third-order valence-corrected chi connectivity index (χ3v) is 4.25. The van der Waals surface area contributed by atoms with Crippen LogP contribution in [-0.2, 0) is 4.79 Å². The third kappa shape index (κ3) is 5.43. The van der Waals surface area contributed by atoms with Gasteiger partial charge in [0.2, 0.25) is 5.91 Å². The van der Waals surface area contributed by atoms with E-state index >= 15 is 0 Å². The van der Waals surface area contributed by atoms with E-state index in [1.807, 2.05) is 24.3 Å². The van der Waals surface area contributed by atoms with Gasteiger partial charge in [-0.2, -0.15) is 0 Å². The van der Waals surface area contributed by atoms with E-state index in [0.29, 0.717) is 18.3 Å². The second kappa shape index (κ2) is 8.65. The lowest BCUT2D eigenvalue weighted by Crippen LogP contribution is -2.34. The SMILES string of the molecule is CC(CC(=O)Nc1cccc(Br)c1)C1CCCNC1.Cl. The van der Waals surface area contributed by atoms with Crippen molar-refractivity contribution in [2.75, 3.05) is 18.4 Å². The van der Waals surface area contributed by atoms with Crippen molar-refractivity contribution in [2.24, 2.45) is 11.8 Å². The maximum absolute atomic E-state index is 12.0. The number of carbonyl (C=O) groups is 1. The van der Waals surface area contributed by atoms with E-state index in [9.17, 15) is 4.79 Å². The molecule has 0 bridgehead atoms. The van der Waals surface area contributed by atoms with Gasteiger partial charge in [0.15, 0.2) is 0 Å². The monoisotopic (exact) mass is 360 g/mol. The maximum atomic E-state index is 12.0. The van der Waals surface area contributed by atoms with Crippen LogP contribution in [0, 0.1) is 11.8 Å². The van der Waals surface area contributed by atoms with Gasteiger partial charge in [-0.15, -0.1) is 12.4 Å². The van der Waals surface area contributed by atoms with Gasteiger partial charge in [-0.25, -0.2) is 0 Å². The molecule has 0 spiro atoms. The number of carbonyl (C=O) groups excluding carboxylic acids is 1. The Labute approximate surface area is 135 Å². The van der Waals surface area contributed by atoms with E-state index in [1.165, 1.54) is 12.8 Å². The number of amides is 1. The predicted octanol–water partition coefficient (Wildman–Crippen LogP) is 3.84. The Hall–Kier alpha value is -0.580. The molecule has 0 aliphatic carbocycles. The lowest BCUT2D eigenvalue weighted by Gasteiger charge is -2.28. The molecule has 2 N–H and O–H groups in total. The molecule has 2 unspecified atom stereocenters. The van der Waals surface area contributed by atoms with Crippen molar-refractivity contribution in [3.8, 4) is 0 Å². The summed E-state index contributed by atoms with van der Waals surface area (Å²) in [6.07, 6.45) is 3.06. The van der Waals surface area contributed by atoms with Crippen molar-refractivity contribution < 1.29 is 4.79 Å². The van der Waals surface area contributed by atoms with Crippen LogP contribution in [0.3, 0.4) is 0 Å². The fourth-order valence-corrected chi connectivity index (χ4v) is 3.00. The molecule has 112 valence electrons. The summed E-state index contributed by atoms with van der Waals surface area (Å²) in [5, 5.41) is 6.37. The van der Waals surface area contributed by atoms with Crippen LogP contribution >= 0.6 is 28.3 Å². The molecule has 1 fully saturated rings. The normalized spacial score (nSPS) is 19.8. The standard InChI is InChI=1S/C15H21BrN2O.ClH/c1-11(12-4-3-7-17-10-12)8-15(19)18-14-6-2-5-13(16)9-14;/h2,5-6,9,11-12,17H,3-4,7-8,10H2,1H3,(H,18,19);1H. The van der Waals surface area contributed by atoms with Crippen LogP contribution in [0.5, 0.6) is 0 Å². The van der Waals surface area contributed by atoms with Gasteiger partial charge in [0.25, 0.3) is 0 Å². The van der Waals surface area contributed by atoms with Crippen LogP contribution in [0.2, 0.25) is 0 Å². The molecule has 1 heterocycles. The van der Waals surface area contributed by atoms with Crippen LogP contribution in [0.4, 0.5) is 5.69 Å². The summed E-state index contributed by atoms with van der Waals surface area (Å²) in [5.41, 5.74) is 0.855. The largest absolute Gasteiger partial charge is 0.326 e. The Balaban J connectivity index is 0.00000200. The summed E-state index contributed by atoms with van der Waals surface area (Å²) >= 11 is 3.41.